The first-order valence-corrected chi connectivity index (χ1v) is 9.25. The molecule has 0 amide bonds. The van der Waals surface area contributed by atoms with Crippen molar-refractivity contribution in [2.75, 3.05) is 31.6 Å². The summed E-state index contributed by atoms with van der Waals surface area (Å²) in [4.78, 5) is 11.2. The molecule has 0 unspecified atom stereocenters. The fourth-order valence-corrected chi connectivity index (χ4v) is 3.90. The van der Waals surface area contributed by atoms with Gasteiger partial charge in [0.05, 0.1) is 40.9 Å². The molecule has 4 aromatic heterocycles. The van der Waals surface area contributed by atoms with Gasteiger partial charge < -0.3 is 10.1 Å². The fourth-order valence-electron chi connectivity index (χ4n) is 3.11. The van der Waals surface area contributed by atoms with Crippen LogP contribution in [0, 0.1) is 0 Å². The Labute approximate surface area is 153 Å². The first-order valence-electron chi connectivity index (χ1n) is 8.47. The van der Waals surface area contributed by atoms with Crippen LogP contribution in [0.4, 0.5) is 11.5 Å². The van der Waals surface area contributed by atoms with Crippen LogP contribution >= 0.6 is 11.5 Å². The van der Waals surface area contributed by atoms with Gasteiger partial charge in [-0.2, -0.15) is 9.47 Å². The zero-order chi connectivity index (χ0) is 17.3. The molecule has 5 rings (SSSR count). The van der Waals surface area contributed by atoms with Gasteiger partial charge in [-0.05, 0) is 29.7 Å². The molecule has 4 aromatic rings. The normalized spacial score (nSPS) is 15.7. The van der Waals surface area contributed by atoms with Crippen molar-refractivity contribution in [1.29, 1.82) is 0 Å². The molecule has 0 spiro atoms. The third-order valence-corrected chi connectivity index (χ3v) is 5.28. The van der Waals surface area contributed by atoms with Gasteiger partial charge in [0, 0.05) is 25.8 Å². The molecule has 0 atom stereocenters. The number of anilines is 2. The predicted octanol–water partition coefficient (Wildman–Crippen LogP) is 2.54. The van der Waals surface area contributed by atoms with Gasteiger partial charge in [0.1, 0.15) is 11.3 Å². The van der Waals surface area contributed by atoms with E-state index in [9.17, 15) is 0 Å². The molecule has 0 saturated carbocycles. The summed E-state index contributed by atoms with van der Waals surface area (Å²) in [6.45, 7) is 4.28. The van der Waals surface area contributed by atoms with Crippen LogP contribution in [0.3, 0.4) is 0 Å². The van der Waals surface area contributed by atoms with Crippen molar-refractivity contribution in [3.8, 4) is 0 Å². The number of ether oxygens (including phenoxy) is 1. The second kappa shape index (κ2) is 6.60. The Morgan fingerprint density at radius 2 is 2.19 bits per heavy atom. The molecular weight excluding hydrogens is 350 g/mol. The van der Waals surface area contributed by atoms with Crippen LogP contribution in [0.5, 0.6) is 0 Å². The van der Waals surface area contributed by atoms with Gasteiger partial charge in [-0.3, -0.25) is 15.0 Å². The summed E-state index contributed by atoms with van der Waals surface area (Å²) >= 11 is 1.48. The lowest BCUT2D eigenvalue weighted by molar-refractivity contribution is 0.0339. The van der Waals surface area contributed by atoms with E-state index in [-0.39, 0.29) is 0 Å². The molecule has 0 bridgehead atoms. The standard InChI is InChI=1S/C17H17N7OS/c1-2-12-16(18-3-1)21-22-17(12)20-11-8-14-15(19-9-11)13(23-26-14)10-24-4-6-25-7-5-24/h1-3,8-9H,4-7,10H2,(H2,18,20,21,22). The minimum atomic E-state index is 0.689. The topological polar surface area (TPSA) is 91.9 Å². The Morgan fingerprint density at radius 1 is 1.27 bits per heavy atom. The quantitative estimate of drug-likeness (QED) is 0.573. The Hall–Kier alpha value is -2.62. The van der Waals surface area contributed by atoms with Crippen LogP contribution in [0.25, 0.3) is 21.3 Å². The van der Waals surface area contributed by atoms with Crippen molar-refractivity contribution >= 4 is 44.3 Å². The highest BCUT2D eigenvalue weighted by Gasteiger charge is 2.16. The minimum Gasteiger partial charge on any atom is -0.379 e. The molecule has 26 heavy (non-hydrogen) atoms. The number of fused-ring (bicyclic) bond motifs is 2. The van der Waals surface area contributed by atoms with E-state index in [1.807, 2.05) is 18.3 Å². The zero-order valence-corrected chi connectivity index (χ0v) is 14.8. The SMILES string of the molecule is c1cnc2n[nH]c(Nc3cnc4c(CN5CCOCC5)nsc4c3)c2c1. The molecule has 8 nitrogen and oxygen atoms in total. The van der Waals surface area contributed by atoms with Crippen molar-refractivity contribution < 1.29 is 4.74 Å². The molecule has 5 heterocycles. The maximum atomic E-state index is 5.41. The number of H-pyrrole nitrogens is 1. The Kier molecular flexibility index (Phi) is 3.96. The second-order valence-corrected chi connectivity index (χ2v) is 6.99. The summed E-state index contributed by atoms with van der Waals surface area (Å²) in [5.74, 6) is 0.812. The van der Waals surface area contributed by atoms with E-state index in [0.29, 0.717) is 5.65 Å². The summed E-state index contributed by atoms with van der Waals surface area (Å²) in [7, 11) is 0. The molecule has 1 saturated heterocycles. The first kappa shape index (κ1) is 15.6. The molecule has 2 N–H and O–H groups in total. The summed E-state index contributed by atoms with van der Waals surface area (Å²) < 4.78 is 11.1. The molecule has 1 aliphatic heterocycles. The van der Waals surface area contributed by atoms with E-state index in [1.165, 1.54) is 11.5 Å². The number of pyridine rings is 2. The van der Waals surface area contributed by atoms with Crippen molar-refractivity contribution in [1.82, 2.24) is 29.4 Å². The van der Waals surface area contributed by atoms with Crippen LogP contribution in [-0.4, -0.2) is 55.7 Å². The number of nitrogens with zero attached hydrogens (tertiary/aromatic N) is 5. The van der Waals surface area contributed by atoms with E-state index in [4.69, 9.17) is 4.74 Å². The van der Waals surface area contributed by atoms with Gasteiger partial charge in [-0.15, -0.1) is 0 Å². The molecule has 0 aromatic carbocycles. The highest BCUT2D eigenvalue weighted by Crippen LogP contribution is 2.27. The number of aromatic nitrogens is 5. The Bertz CT molecular complexity index is 1050. The zero-order valence-electron chi connectivity index (χ0n) is 14.0. The Morgan fingerprint density at radius 3 is 3.12 bits per heavy atom. The van der Waals surface area contributed by atoms with E-state index >= 15 is 0 Å². The molecule has 1 aliphatic rings. The van der Waals surface area contributed by atoms with E-state index in [0.717, 1.165) is 65.7 Å². The third kappa shape index (κ3) is 2.90. The van der Waals surface area contributed by atoms with Crippen LogP contribution in [0.15, 0.2) is 30.6 Å². The van der Waals surface area contributed by atoms with Crippen LogP contribution in [-0.2, 0) is 11.3 Å². The highest BCUT2D eigenvalue weighted by atomic mass is 32.1. The summed E-state index contributed by atoms with van der Waals surface area (Å²) in [6, 6.07) is 5.95. The number of rotatable bonds is 4. The predicted molar refractivity (Wildman–Crippen MR) is 101 cm³/mol. The molecular formula is C17H17N7OS. The van der Waals surface area contributed by atoms with Crippen molar-refractivity contribution in [3.05, 3.63) is 36.3 Å². The monoisotopic (exact) mass is 367 g/mol. The average molecular weight is 367 g/mol. The van der Waals surface area contributed by atoms with Gasteiger partial charge in [0.25, 0.3) is 0 Å². The Balaban J connectivity index is 1.40. The van der Waals surface area contributed by atoms with Crippen LogP contribution in [0.1, 0.15) is 5.69 Å². The third-order valence-electron chi connectivity index (χ3n) is 4.46. The highest BCUT2D eigenvalue weighted by molar-refractivity contribution is 7.13. The number of hydrogen-bond acceptors (Lipinski definition) is 8. The lowest BCUT2D eigenvalue weighted by Gasteiger charge is -2.25. The van der Waals surface area contributed by atoms with Gasteiger partial charge in [-0.25, -0.2) is 4.98 Å². The van der Waals surface area contributed by atoms with Gasteiger partial charge in [0.2, 0.25) is 0 Å². The fraction of sp³-hybridized carbons (Fsp3) is 0.294. The van der Waals surface area contributed by atoms with Crippen molar-refractivity contribution in [2.45, 2.75) is 6.54 Å². The molecule has 0 aliphatic carbocycles. The average Bonchev–Trinajstić information content (AvgIpc) is 3.27. The van der Waals surface area contributed by atoms with Gasteiger partial charge in [-0.1, -0.05) is 0 Å². The maximum absolute atomic E-state index is 5.41. The second-order valence-electron chi connectivity index (χ2n) is 6.19. The van der Waals surface area contributed by atoms with E-state index in [2.05, 4.69) is 40.8 Å². The van der Waals surface area contributed by atoms with Crippen LogP contribution < -0.4 is 5.32 Å². The lowest BCUT2D eigenvalue weighted by Crippen LogP contribution is -2.35. The molecule has 0 radical (unpaired) electrons. The van der Waals surface area contributed by atoms with Crippen LogP contribution in [0.2, 0.25) is 0 Å². The summed E-state index contributed by atoms with van der Waals surface area (Å²) in [6.07, 6.45) is 3.57. The number of aromatic amines is 1. The molecule has 9 heteroatoms. The smallest absolute Gasteiger partial charge is 0.183 e. The van der Waals surface area contributed by atoms with Gasteiger partial charge in [0.15, 0.2) is 5.65 Å². The van der Waals surface area contributed by atoms with Crippen molar-refractivity contribution in [2.24, 2.45) is 0 Å². The number of nitrogens with one attached hydrogen (secondary N) is 2. The first-order chi connectivity index (χ1) is 12.9. The van der Waals surface area contributed by atoms with E-state index < -0.39 is 0 Å². The summed E-state index contributed by atoms with van der Waals surface area (Å²) in [5.41, 5.74) is 3.60. The molecule has 1 fully saturated rings. The summed E-state index contributed by atoms with van der Waals surface area (Å²) in [5, 5.41) is 11.5. The minimum absolute atomic E-state index is 0.689. The number of morpholine rings is 1. The maximum Gasteiger partial charge on any atom is 0.183 e. The van der Waals surface area contributed by atoms with E-state index in [1.54, 1.807) is 6.20 Å². The largest absolute Gasteiger partial charge is 0.379 e. The molecule has 132 valence electrons. The van der Waals surface area contributed by atoms with Gasteiger partial charge >= 0.3 is 0 Å². The number of hydrogen-bond donors (Lipinski definition) is 2. The van der Waals surface area contributed by atoms with Crippen molar-refractivity contribution in [3.63, 3.8) is 0 Å². The lowest BCUT2D eigenvalue weighted by atomic mass is 10.2.